The van der Waals surface area contributed by atoms with Crippen LogP contribution in [0.3, 0.4) is 0 Å². The van der Waals surface area contributed by atoms with Crippen LogP contribution in [0.1, 0.15) is 57.7 Å². The van der Waals surface area contributed by atoms with E-state index in [1.54, 1.807) is 0 Å². The molecule has 1 aromatic heterocycles. The molecule has 0 spiro atoms. The van der Waals surface area contributed by atoms with Gasteiger partial charge in [-0.2, -0.15) is 0 Å². The molecule has 0 unspecified atom stereocenters. The van der Waals surface area contributed by atoms with Gasteiger partial charge in [-0.05, 0) is 62.3 Å². The first-order chi connectivity index (χ1) is 10.1. The van der Waals surface area contributed by atoms with Gasteiger partial charge in [0, 0.05) is 25.3 Å². The molecule has 21 heavy (non-hydrogen) atoms. The lowest BCUT2D eigenvalue weighted by molar-refractivity contribution is 0.340. The predicted octanol–water partition coefficient (Wildman–Crippen LogP) is 3.77. The Kier molecular flexibility index (Phi) is 6.04. The van der Waals surface area contributed by atoms with E-state index in [4.69, 9.17) is 4.98 Å². The number of pyridine rings is 1. The van der Waals surface area contributed by atoms with E-state index >= 15 is 0 Å². The van der Waals surface area contributed by atoms with Crippen LogP contribution in [0.5, 0.6) is 0 Å². The molecule has 1 aromatic rings. The summed E-state index contributed by atoms with van der Waals surface area (Å²) >= 11 is 0. The first-order valence-corrected chi connectivity index (χ1v) is 8.57. The summed E-state index contributed by atoms with van der Waals surface area (Å²) in [6, 6.07) is 5.16. The number of anilines is 1. The van der Waals surface area contributed by atoms with E-state index in [2.05, 4.69) is 50.2 Å². The van der Waals surface area contributed by atoms with Crippen molar-refractivity contribution in [3.05, 3.63) is 23.4 Å². The minimum atomic E-state index is 0.660. The van der Waals surface area contributed by atoms with Crippen LogP contribution in [-0.2, 0) is 13.0 Å². The lowest BCUT2D eigenvalue weighted by atomic mass is 9.87. The largest absolute Gasteiger partial charge is 0.357 e. The third-order valence-corrected chi connectivity index (χ3v) is 4.76. The molecule has 1 saturated carbocycles. The van der Waals surface area contributed by atoms with Gasteiger partial charge in [0.15, 0.2) is 0 Å². The average molecular weight is 289 g/mol. The Labute approximate surface area is 130 Å². The third-order valence-electron chi connectivity index (χ3n) is 4.76. The van der Waals surface area contributed by atoms with Crippen molar-refractivity contribution in [2.75, 3.05) is 18.5 Å². The molecule has 1 aliphatic carbocycles. The second-order valence-electron chi connectivity index (χ2n) is 6.48. The van der Waals surface area contributed by atoms with Crippen molar-refractivity contribution in [3.63, 3.8) is 0 Å². The van der Waals surface area contributed by atoms with Gasteiger partial charge in [0.2, 0.25) is 0 Å². The van der Waals surface area contributed by atoms with E-state index in [1.807, 2.05) is 0 Å². The van der Waals surface area contributed by atoms with E-state index in [-0.39, 0.29) is 0 Å². The van der Waals surface area contributed by atoms with Gasteiger partial charge in [-0.15, -0.1) is 0 Å². The number of aryl methyl sites for hydroxylation is 1. The van der Waals surface area contributed by atoms with E-state index < -0.39 is 0 Å². The summed E-state index contributed by atoms with van der Waals surface area (Å²) in [5.74, 6) is 2.05. The van der Waals surface area contributed by atoms with Gasteiger partial charge in [0.25, 0.3) is 0 Å². The standard InChI is InChI=1S/C18H31N3/c1-5-16-11-15(13-19-6-2)12-18(20-16)21(4)17-9-7-14(3)8-10-17/h11-12,14,17,19H,5-10,13H2,1-4H3. The average Bonchev–Trinajstić information content (AvgIpc) is 2.52. The Morgan fingerprint density at radius 1 is 1.19 bits per heavy atom. The van der Waals surface area contributed by atoms with Crippen LogP contribution >= 0.6 is 0 Å². The molecule has 1 heterocycles. The molecule has 0 saturated heterocycles. The number of nitrogens with one attached hydrogen (secondary N) is 1. The molecule has 1 aliphatic rings. The Balaban J connectivity index is 2.13. The Morgan fingerprint density at radius 3 is 2.52 bits per heavy atom. The molecule has 118 valence electrons. The van der Waals surface area contributed by atoms with Crippen LogP contribution in [0.2, 0.25) is 0 Å². The molecule has 0 aliphatic heterocycles. The van der Waals surface area contributed by atoms with Gasteiger partial charge < -0.3 is 10.2 Å². The van der Waals surface area contributed by atoms with E-state index in [1.165, 1.54) is 36.9 Å². The second-order valence-corrected chi connectivity index (χ2v) is 6.48. The number of nitrogens with zero attached hydrogens (tertiary/aromatic N) is 2. The number of hydrogen-bond acceptors (Lipinski definition) is 3. The van der Waals surface area contributed by atoms with Gasteiger partial charge in [-0.1, -0.05) is 20.8 Å². The lowest BCUT2D eigenvalue weighted by Gasteiger charge is -2.34. The van der Waals surface area contributed by atoms with E-state index in [9.17, 15) is 0 Å². The summed E-state index contributed by atoms with van der Waals surface area (Å²) < 4.78 is 0. The molecular weight excluding hydrogens is 258 g/mol. The van der Waals surface area contributed by atoms with Crippen molar-refractivity contribution in [2.45, 2.75) is 65.5 Å². The molecule has 0 amide bonds. The maximum Gasteiger partial charge on any atom is 0.129 e. The Morgan fingerprint density at radius 2 is 1.90 bits per heavy atom. The Bertz CT molecular complexity index is 436. The number of hydrogen-bond donors (Lipinski definition) is 1. The summed E-state index contributed by atoms with van der Waals surface area (Å²) in [4.78, 5) is 7.27. The van der Waals surface area contributed by atoms with Crippen molar-refractivity contribution in [1.29, 1.82) is 0 Å². The second kappa shape index (κ2) is 7.79. The van der Waals surface area contributed by atoms with Crippen molar-refractivity contribution in [3.8, 4) is 0 Å². The summed E-state index contributed by atoms with van der Waals surface area (Å²) in [6.07, 6.45) is 6.32. The highest BCUT2D eigenvalue weighted by Gasteiger charge is 2.22. The fourth-order valence-corrected chi connectivity index (χ4v) is 3.18. The topological polar surface area (TPSA) is 28.2 Å². The number of aromatic nitrogens is 1. The highest BCUT2D eigenvalue weighted by molar-refractivity contribution is 5.43. The highest BCUT2D eigenvalue weighted by atomic mass is 15.2. The molecule has 0 radical (unpaired) electrons. The van der Waals surface area contributed by atoms with Crippen LogP contribution in [0.15, 0.2) is 12.1 Å². The van der Waals surface area contributed by atoms with Gasteiger partial charge in [-0.25, -0.2) is 4.98 Å². The summed E-state index contributed by atoms with van der Waals surface area (Å²) in [7, 11) is 2.22. The fraction of sp³-hybridized carbons (Fsp3) is 0.722. The third kappa shape index (κ3) is 4.44. The molecule has 2 rings (SSSR count). The minimum Gasteiger partial charge on any atom is -0.357 e. The van der Waals surface area contributed by atoms with Gasteiger partial charge >= 0.3 is 0 Å². The van der Waals surface area contributed by atoms with E-state index in [0.717, 1.165) is 31.2 Å². The van der Waals surface area contributed by atoms with E-state index in [0.29, 0.717) is 6.04 Å². The molecule has 3 nitrogen and oxygen atoms in total. The maximum atomic E-state index is 4.85. The minimum absolute atomic E-state index is 0.660. The van der Waals surface area contributed by atoms with Gasteiger partial charge in [0.05, 0.1) is 0 Å². The molecular formula is C18H31N3. The van der Waals surface area contributed by atoms with Crippen LogP contribution in [0.25, 0.3) is 0 Å². The monoisotopic (exact) mass is 289 g/mol. The molecule has 0 aromatic carbocycles. The predicted molar refractivity (Wildman–Crippen MR) is 90.8 cm³/mol. The van der Waals surface area contributed by atoms with Crippen LogP contribution in [-0.4, -0.2) is 24.6 Å². The fourth-order valence-electron chi connectivity index (χ4n) is 3.18. The van der Waals surface area contributed by atoms with Gasteiger partial charge in [0.1, 0.15) is 5.82 Å². The zero-order valence-corrected chi connectivity index (χ0v) is 14.2. The summed E-state index contributed by atoms with van der Waals surface area (Å²) in [6.45, 7) is 8.66. The molecule has 1 N–H and O–H groups in total. The van der Waals surface area contributed by atoms with Crippen molar-refractivity contribution in [2.24, 2.45) is 5.92 Å². The maximum absolute atomic E-state index is 4.85. The molecule has 3 heteroatoms. The van der Waals surface area contributed by atoms with Crippen LogP contribution < -0.4 is 10.2 Å². The summed E-state index contributed by atoms with van der Waals surface area (Å²) in [5, 5.41) is 3.42. The lowest BCUT2D eigenvalue weighted by Crippen LogP contribution is -2.35. The van der Waals surface area contributed by atoms with Crippen LogP contribution in [0, 0.1) is 5.92 Å². The summed E-state index contributed by atoms with van der Waals surface area (Å²) in [5.41, 5.74) is 2.56. The van der Waals surface area contributed by atoms with Crippen LogP contribution in [0.4, 0.5) is 5.82 Å². The zero-order chi connectivity index (χ0) is 15.2. The van der Waals surface area contributed by atoms with Gasteiger partial charge in [-0.3, -0.25) is 0 Å². The molecule has 0 bridgehead atoms. The highest BCUT2D eigenvalue weighted by Crippen LogP contribution is 2.29. The molecule has 0 atom stereocenters. The van der Waals surface area contributed by atoms with Crippen molar-refractivity contribution < 1.29 is 0 Å². The molecule has 1 fully saturated rings. The Hall–Kier alpha value is -1.09. The quantitative estimate of drug-likeness (QED) is 0.864. The van der Waals surface area contributed by atoms with Crippen molar-refractivity contribution >= 4 is 5.82 Å². The normalized spacial score (nSPS) is 22.3. The SMILES string of the molecule is CCNCc1cc(CC)nc(N(C)C2CCC(C)CC2)c1. The smallest absolute Gasteiger partial charge is 0.129 e. The van der Waals surface area contributed by atoms with Crippen molar-refractivity contribution in [1.82, 2.24) is 10.3 Å². The number of rotatable bonds is 6. The zero-order valence-electron chi connectivity index (χ0n) is 14.2. The first kappa shape index (κ1) is 16.3. The first-order valence-electron chi connectivity index (χ1n) is 8.57.